The standard InChI is InChI=1S/C18H15S.C9H9ClF6O6S/c1-4-10-16(11-5-1)19(17-12-6-2-7-13-17)18-14-8-3-9-15-18;10-4-5(17)2-1-3-22-6(18)7(8(11,12)13,9(14,15)16)23(19,20)21/h1-15H;1-4H2,(H,19,20,21)/q+1;/p-1. The second kappa shape index (κ2) is 14.9. The van der Waals surface area contributed by atoms with Gasteiger partial charge in [0.15, 0.2) is 14.7 Å². The van der Waals surface area contributed by atoms with Crippen molar-refractivity contribution in [2.75, 3.05) is 12.5 Å². The first-order chi connectivity index (χ1) is 19.6. The molecule has 3 aromatic rings. The van der Waals surface area contributed by atoms with Crippen molar-refractivity contribution < 1.29 is 53.6 Å². The van der Waals surface area contributed by atoms with Crippen LogP contribution in [0.25, 0.3) is 0 Å². The van der Waals surface area contributed by atoms with E-state index < -0.39 is 64.3 Å². The molecule has 0 aliphatic rings. The summed E-state index contributed by atoms with van der Waals surface area (Å²) in [4.78, 5) is 26.0. The normalized spacial score (nSPS) is 12.3. The molecule has 0 aromatic heterocycles. The van der Waals surface area contributed by atoms with Gasteiger partial charge in [-0.3, -0.25) is 4.79 Å². The predicted molar refractivity (Wildman–Crippen MR) is 142 cm³/mol. The predicted octanol–water partition coefficient (Wildman–Crippen LogP) is 6.31. The number of carbonyl (C=O) groups is 2. The van der Waals surface area contributed by atoms with Crippen molar-refractivity contribution in [3.63, 3.8) is 0 Å². The topological polar surface area (TPSA) is 101 Å². The van der Waals surface area contributed by atoms with Crippen LogP contribution in [-0.4, -0.2) is 54.3 Å². The number of carbonyl (C=O) groups excluding carboxylic acids is 2. The minimum Gasteiger partial charge on any atom is -0.747 e. The fraction of sp³-hybridized carbons (Fsp3) is 0.259. The molecule has 42 heavy (non-hydrogen) atoms. The van der Waals surface area contributed by atoms with E-state index in [1.54, 1.807) is 0 Å². The highest BCUT2D eigenvalue weighted by Gasteiger charge is 2.81. The van der Waals surface area contributed by atoms with Gasteiger partial charge in [-0.2, -0.15) is 26.3 Å². The third-order valence-electron chi connectivity index (χ3n) is 5.38. The summed E-state index contributed by atoms with van der Waals surface area (Å²) in [5, 5.41) is 0. The average Bonchev–Trinajstić information content (AvgIpc) is 2.91. The lowest BCUT2D eigenvalue weighted by Gasteiger charge is -2.36. The van der Waals surface area contributed by atoms with E-state index in [-0.39, 0.29) is 10.9 Å². The Morgan fingerprint density at radius 1 is 0.738 bits per heavy atom. The van der Waals surface area contributed by atoms with Crippen LogP contribution in [0.4, 0.5) is 26.3 Å². The average molecular weight is 657 g/mol. The van der Waals surface area contributed by atoms with Gasteiger partial charge in [0.2, 0.25) is 0 Å². The largest absolute Gasteiger partial charge is 0.747 e. The quantitative estimate of drug-likeness (QED) is 0.0634. The van der Waals surface area contributed by atoms with Gasteiger partial charge < -0.3 is 9.29 Å². The molecule has 0 N–H and O–H groups in total. The van der Waals surface area contributed by atoms with E-state index in [0.29, 0.717) is 0 Å². The maximum atomic E-state index is 12.6. The second-order valence-corrected chi connectivity index (χ2v) is 12.1. The van der Waals surface area contributed by atoms with Gasteiger partial charge in [-0.15, -0.1) is 11.6 Å². The van der Waals surface area contributed by atoms with E-state index in [0.717, 1.165) is 0 Å². The Bertz CT molecular complexity index is 1300. The molecule has 0 aliphatic heterocycles. The fourth-order valence-electron chi connectivity index (χ4n) is 3.46. The van der Waals surface area contributed by atoms with Crippen LogP contribution in [0, 0.1) is 0 Å². The SMILES string of the molecule is O=C(CCl)CCCOC(=O)C(C(F)(F)F)(C(F)(F)F)S(=O)(=O)[O-].c1ccc([S+](c2ccccc2)c2ccccc2)cc1. The molecule has 0 aliphatic carbocycles. The fourth-order valence-corrected chi connectivity index (χ4v) is 6.53. The zero-order valence-electron chi connectivity index (χ0n) is 21.4. The number of alkyl halides is 7. The number of halogens is 7. The monoisotopic (exact) mass is 656 g/mol. The molecule has 0 saturated heterocycles. The Kier molecular flexibility index (Phi) is 12.5. The Morgan fingerprint density at radius 2 is 1.10 bits per heavy atom. The molecule has 0 spiro atoms. The molecule has 0 heterocycles. The van der Waals surface area contributed by atoms with Gasteiger partial charge >= 0.3 is 23.1 Å². The number of Topliss-reactive ketones (excluding diaryl/α,β-unsaturated/α-hetero) is 1. The lowest BCUT2D eigenvalue weighted by atomic mass is 10.1. The molecule has 0 atom stereocenters. The summed E-state index contributed by atoms with van der Waals surface area (Å²) in [6.45, 7) is -1.15. The lowest BCUT2D eigenvalue weighted by Crippen LogP contribution is -2.67. The van der Waals surface area contributed by atoms with Crippen LogP contribution in [0.2, 0.25) is 0 Å². The molecule has 0 saturated carbocycles. The Labute approximate surface area is 245 Å². The van der Waals surface area contributed by atoms with Crippen molar-refractivity contribution in [1.82, 2.24) is 0 Å². The van der Waals surface area contributed by atoms with Gasteiger partial charge in [-0.1, -0.05) is 54.6 Å². The van der Waals surface area contributed by atoms with Gasteiger partial charge in [0, 0.05) is 6.42 Å². The van der Waals surface area contributed by atoms with Crippen LogP contribution in [-0.2, 0) is 35.3 Å². The number of rotatable bonds is 10. The number of hydrogen-bond donors (Lipinski definition) is 0. The summed E-state index contributed by atoms with van der Waals surface area (Å²) in [6, 6.07) is 32.2. The Hall–Kier alpha value is -3.07. The van der Waals surface area contributed by atoms with Crippen LogP contribution < -0.4 is 0 Å². The molecular formula is C27H23ClF6O6S2. The molecule has 3 aromatic carbocycles. The second-order valence-electron chi connectivity index (χ2n) is 8.29. The van der Waals surface area contributed by atoms with E-state index in [1.165, 1.54) is 14.7 Å². The molecular weight excluding hydrogens is 634 g/mol. The van der Waals surface area contributed by atoms with Gasteiger partial charge in [0.05, 0.1) is 23.4 Å². The number of ether oxygens (including phenoxy) is 1. The van der Waals surface area contributed by atoms with Crippen LogP contribution in [0.5, 0.6) is 0 Å². The van der Waals surface area contributed by atoms with Crippen molar-refractivity contribution in [3.8, 4) is 0 Å². The zero-order chi connectivity index (χ0) is 31.6. The van der Waals surface area contributed by atoms with Crippen molar-refractivity contribution >= 4 is 44.4 Å². The van der Waals surface area contributed by atoms with E-state index in [4.69, 9.17) is 11.6 Å². The number of hydrogen-bond acceptors (Lipinski definition) is 6. The van der Waals surface area contributed by atoms with E-state index in [1.807, 2.05) is 0 Å². The minimum absolute atomic E-state index is 0.0146. The maximum absolute atomic E-state index is 12.6. The third kappa shape index (κ3) is 8.49. The van der Waals surface area contributed by atoms with Crippen molar-refractivity contribution in [3.05, 3.63) is 91.0 Å². The number of benzene rings is 3. The molecule has 3 rings (SSSR count). The first-order valence-electron chi connectivity index (χ1n) is 11.8. The first kappa shape index (κ1) is 35.1. The molecule has 15 heteroatoms. The van der Waals surface area contributed by atoms with Gasteiger partial charge in [-0.25, -0.2) is 13.2 Å². The van der Waals surface area contributed by atoms with Crippen LogP contribution >= 0.6 is 11.6 Å². The summed E-state index contributed by atoms with van der Waals surface area (Å²) in [6.07, 6.45) is -14.5. The van der Waals surface area contributed by atoms with E-state index in [9.17, 15) is 48.9 Å². The third-order valence-corrected chi connectivity index (χ3v) is 9.29. The van der Waals surface area contributed by atoms with Crippen molar-refractivity contribution in [2.45, 2.75) is 44.6 Å². The molecule has 0 amide bonds. The Morgan fingerprint density at radius 3 is 1.38 bits per heavy atom. The molecule has 0 bridgehead atoms. The van der Waals surface area contributed by atoms with Crippen LogP contribution in [0.3, 0.4) is 0 Å². The van der Waals surface area contributed by atoms with E-state index in [2.05, 4.69) is 95.7 Å². The molecule has 0 radical (unpaired) electrons. The molecule has 228 valence electrons. The summed E-state index contributed by atoms with van der Waals surface area (Å²) in [5.41, 5.74) is 0. The highest BCUT2D eigenvalue weighted by atomic mass is 35.5. The zero-order valence-corrected chi connectivity index (χ0v) is 23.8. The Balaban J connectivity index is 0.000000297. The molecule has 6 nitrogen and oxygen atoms in total. The lowest BCUT2D eigenvalue weighted by molar-refractivity contribution is -0.268. The van der Waals surface area contributed by atoms with Crippen LogP contribution in [0.1, 0.15) is 12.8 Å². The van der Waals surface area contributed by atoms with E-state index >= 15 is 0 Å². The summed E-state index contributed by atoms with van der Waals surface area (Å²) in [7, 11) is -7.28. The summed E-state index contributed by atoms with van der Waals surface area (Å²) in [5.74, 6) is -4.46. The maximum Gasteiger partial charge on any atom is 0.426 e. The van der Waals surface area contributed by atoms with Crippen LogP contribution in [0.15, 0.2) is 106 Å². The van der Waals surface area contributed by atoms with Crippen molar-refractivity contribution in [1.29, 1.82) is 0 Å². The van der Waals surface area contributed by atoms with Gasteiger partial charge in [-0.05, 0) is 42.8 Å². The number of esters is 1. The van der Waals surface area contributed by atoms with Crippen molar-refractivity contribution in [2.24, 2.45) is 0 Å². The highest BCUT2D eigenvalue weighted by molar-refractivity contribution is 7.97. The summed E-state index contributed by atoms with van der Waals surface area (Å²) < 4.78 is 105. The van der Waals surface area contributed by atoms with Gasteiger partial charge in [0.1, 0.15) is 15.9 Å². The summed E-state index contributed by atoms with van der Waals surface area (Å²) >= 11 is 5.07. The highest BCUT2D eigenvalue weighted by Crippen LogP contribution is 2.49. The minimum atomic E-state index is -7.26. The molecule has 0 fully saturated rings. The smallest absolute Gasteiger partial charge is 0.426 e. The number of ketones is 1. The van der Waals surface area contributed by atoms with Gasteiger partial charge in [0.25, 0.3) is 0 Å². The first-order valence-corrected chi connectivity index (χ1v) is 15.0. The molecule has 0 unspecified atom stereocenters.